The third kappa shape index (κ3) is 12.1. The molecule has 0 spiro atoms. The predicted octanol–water partition coefficient (Wildman–Crippen LogP) is 10.7. The number of benzene rings is 2. The molecule has 0 aromatic heterocycles. The summed E-state index contributed by atoms with van der Waals surface area (Å²) in [5.41, 5.74) is 2.42. The molecule has 2 aromatic rings. The SMILES string of the molecule is CCCCCCCCCCCCCCC(C)Oc1cc(Br)cc(Cc2cc(OC)ccc2Br)c1. The van der Waals surface area contributed by atoms with Crippen molar-refractivity contribution in [2.24, 2.45) is 0 Å². The number of hydrogen-bond donors (Lipinski definition) is 0. The minimum absolute atomic E-state index is 0.230. The molecule has 0 aliphatic rings. The molecule has 190 valence electrons. The van der Waals surface area contributed by atoms with Crippen LogP contribution in [0.15, 0.2) is 45.3 Å². The third-order valence-electron chi connectivity index (χ3n) is 6.38. The molecular formula is C30H44Br2O2. The van der Waals surface area contributed by atoms with Gasteiger partial charge in [-0.05, 0) is 73.7 Å². The Balaban J connectivity index is 1.66. The van der Waals surface area contributed by atoms with Crippen molar-refractivity contribution in [2.45, 2.75) is 110 Å². The van der Waals surface area contributed by atoms with Crippen LogP contribution in [0.2, 0.25) is 0 Å². The molecule has 0 aliphatic heterocycles. The minimum Gasteiger partial charge on any atom is -0.497 e. The summed E-state index contributed by atoms with van der Waals surface area (Å²) in [7, 11) is 1.70. The van der Waals surface area contributed by atoms with Crippen molar-refractivity contribution in [1.82, 2.24) is 0 Å². The van der Waals surface area contributed by atoms with Crippen molar-refractivity contribution in [3.8, 4) is 11.5 Å². The van der Waals surface area contributed by atoms with E-state index in [-0.39, 0.29) is 6.10 Å². The van der Waals surface area contributed by atoms with Crippen molar-refractivity contribution in [3.63, 3.8) is 0 Å². The molecule has 4 heteroatoms. The summed E-state index contributed by atoms with van der Waals surface area (Å²) in [6.07, 6.45) is 18.8. The summed E-state index contributed by atoms with van der Waals surface area (Å²) in [6.45, 7) is 4.48. The lowest BCUT2D eigenvalue weighted by Crippen LogP contribution is -2.11. The molecule has 0 radical (unpaired) electrons. The molecule has 34 heavy (non-hydrogen) atoms. The molecule has 2 nitrogen and oxygen atoms in total. The van der Waals surface area contributed by atoms with Crippen molar-refractivity contribution >= 4 is 31.9 Å². The Hall–Kier alpha value is -1.00. The van der Waals surface area contributed by atoms with Crippen LogP contribution < -0.4 is 9.47 Å². The first-order valence-electron chi connectivity index (χ1n) is 13.3. The third-order valence-corrected chi connectivity index (χ3v) is 7.61. The molecule has 2 rings (SSSR count). The van der Waals surface area contributed by atoms with E-state index in [4.69, 9.17) is 9.47 Å². The number of methoxy groups -OCH3 is 1. The van der Waals surface area contributed by atoms with Gasteiger partial charge in [-0.25, -0.2) is 0 Å². The van der Waals surface area contributed by atoms with Gasteiger partial charge in [-0.2, -0.15) is 0 Å². The molecule has 0 fully saturated rings. The predicted molar refractivity (Wildman–Crippen MR) is 153 cm³/mol. The molecule has 0 bridgehead atoms. The van der Waals surface area contributed by atoms with E-state index in [0.29, 0.717) is 0 Å². The van der Waals surface area contributed by atoms with Crippen LogP contribution in [0.4, 0.5) is 0 Å². The summed E-state index contributed by atoms with van der Waals surface area (Å²) in [5.74, 6) is 1.82. The standard InChI is InChI=1S/C30H44Br2O2/c1-4-5-6-7-8-9-10-11-12-13-14-15-16-24(2)34-29-21-25(20-27(31)23-29)19-26-22-28(33-3)17-18-30(26)32/h17-18,20-24H,4-16,19H2,1-3H3. The van der Waals surface area contributed by atoms with Crippen LogP contribution in [-0.4, -0.2) is 13.2 Å². The normalized spacial score (nSPS) is 12.0. The molecule has 0 N–H and O–H groups in total. The van der Waals surface area contributed by atoms with Crippen LogP contribution in [0.5, 0.6) is 11.5 Å². The maximum Gasteiger partial charge on any atom is 0.121 e. The summed E-state index contributed by atoms with van der Waals surface area (Å²) < 4.78 is 13.8. The van der Waals surface area contributed by atoms with E-state index >= 15 is 0 Å². The number of unbranched alkanes of at least 4 members (excludes halogenated alkanes) is 11. The molecular weight excluding hydrogens is 552 g/mol. The van der Waals surface area contributed by atoms with Gasteiger partial charge in [0.25, 0.3) is 0 Å². The van der Waals surface area contributed by atoms with Gasteiger partial charge in [0.05, 0.1) is 13.2 Å². The van der Waals surface area contributed by atoms with Gasteiger partial charge < -0.3 is 9.47 Å². The topological polar surface area (TPSA) is 18.5 Å². The Morgan fingerprint density at radius 3 is 1.97 bits per heavy atom. The van der Waals surface area contributed by atoms with Gasteiger partial charge in [0, 0.05) is 8.95 Å². The van der Waals surface area contributed by atoms with Gasteiger partial charge >= 0.3 is 0 Å². The van der Waals surface area contributed by atoms with E-state index < -0.39 is 0 Å². The van der Waals surface area contributed by atoms with Crippen LogP contribution >= 0.6 is 31.9 Å². The Morgan fingerprint density at radius 1 is 0.735 bits per heavy atom. The Morgan fingerprint density at radius 2 is 1.35 bits per heavy atom. The zero-order valence-corrected chi connectivity index (χ0v) is 24.7. The summed E-state index contributed by atoms with van der Waals surface area (Å²) in [5, 5.41) is 0. The fourth-order valence-corrected chi connectivity index (χ4v) is 5.29. The second kappa shape index (κ2) is 17.4. The zero-order valence-electron chi connectivity index (χ0n) is 21.5. The highest BCUT2D eigenvalue weighted by Crippen LogP contribution is 2.29. The molecule has 1 atom stereocenters. The number of ether oxygens (including phenoxy) is 2. The number of hydrogen-bond acceptors (Lipinski definition) is 2. The maximum absolute atomic E-state index is 6.28. The van der Waals surface area contributed by atoms with E-state index in [1.807, 2.05) is 12.1 Å². The van der Waals surface area contributed by atoms with E-state index in [1.165, 1.54) is 88.2 Å². The largest absolute Gasteiger partial charge is 0.497 e. The first-order chi connectivity index (χ1) is 16.5. The highest BCUT2D eigenvalue weighted by Gasteiger charge is 2.09. The first-order valence-corrected chi connectivity index (χ1v) is 14.9. The highest BCUT2D eigenvalue weighted by atomic mass is 79.9. The minimum atomic E-state index is 0.230. The Kier molecular flexibility index (Phi) is 15.0. The van der Waals surface area contributed by atoms with E-state index in [9.17, 15) is 0 Å². The van der Waals surface area contributed by atoms with Gasteiger partial charge in [0.15, 0.2) is 0 Å². The van der Waals surface area contributed by atoms with Gasteiger partial charge in [-0.15, -0.1) is 0 Å². The van der Waals surface area contributed by atoms with Crippen molar-refractivity contribution in [1.29, 1.82) is 0 Å². The van der Waals surface area contributed by atoms with Crippen LogP contribution in [0.3, 0.4) is 0 Å². The lowest BCUT2D eigenvalue weighted by Gasteiger charge is -2.16. The number of halogens is 2. The van der Waals surface area contributed by atoms with Crippen LogP contribution in [-0.2, 0) is 6.42 Å². The van der Waals surface area contributed by atoms with Gasteiger partial charge in [0.1, 0.15) is 11.5 Å². The molecule has 2 aromatic carbocycles. The molecule has 1 unspecified atom stereocenters. The Bertz CT molecular complexity index is 821. The fraction of sp³-hybridized carbons (Fsp3) is 0.600. The zero-order chi connectivity index (χ0) is 24.6. The molecule has 0 heterocycles. The van der Waals surface area contributed by atoms with E-state index in [0.717, 1.165) is 33.3 Å². The highest BCUT2D eigenvalue weighted by molar-refractivity contribution is 9.10. The summed E-state index contributed by atoms with van der Waals surface area (Å²) >= 11 is 7.33. The molecule has 0 saturated heterocycles. The summed E-state index contributed by atoms with van der Waals surface area (Å²) in [6, 6.07) is 12.5. The monoisotopic (exact) mass is 594 g/mol. The molecule has 0 amide bonds. The van der Waals surface area contributed by atoms with Crippen molar-refractivity contribution < 1.29 is 9.47 Å². The smallest absolute Gasteiger partial charge is 0.121 e. The van der Waals surface area contributed by atoms with Gasteiger partial charge in [0.2, 0.25) is 0 Å². The van der Waals surface area contributed by atoms with Crippen LogP contribution in [0.25, 0.3) is 0 Å². The molecule has 0 aliphatic carbocycles. The van der Waals surface area contributed by atoms with Crippen molar-refractivity contribution in [2.75, 3.05) is 7.11 Å². The van der Waals surface area contributed by atoms with Crippen LogP contribution in [0, 0.1) is 0 Å². The van der Waals surface area contributed by atoms with E-state index in [1.54, 1.807) is 7.11 Å². The second-order valence-electron chi connectivity index (χ2n) is 9.54. The Labute approximate surface area is 225 Å². The van der Waals surface area contributed by atoms with Crippen molar-refractivity contribution in [3.05, 3.63) is 56.5 Å². The quantitative estimate of drug-likeness (QED) is 0.159. The average Bonchev–Trinajstić information content (AvgIpc) is 2.81. The first kappa shape index (κ1) is 29.2. The lowest BCUT2D eigenvalue weighted by atomic mass is 10.0. The average molecular weight is 596 g/mol. The lowest BCUT2D eigenvalue weighted by molar-refractivity contribution is 0.206. The van der Waals surface area contributed by atoms with Gasteiger partial charge in [-0.3, -0.25) is 0 Å². The van der Waals surface area contributed by atoms with Crippen LogP contribution in [0.1, 0.15) is 108 Å². The number of rotatable bonds is 18. The summed E-state index contributed by atoms with van der Waals surface area (Å²) in [4.78, 5) is 0. The molecule has 0 saturated carbocycles. The second-order valence-corrected chi connectivity index (χ2v) is 11.3. The van der Waals surface area contributed by atoms with E-state index in [2.05, 4.69) is 70.0 Å². The maximum atomic E-state index is 6.28. The van der Waals surface area contributed by atoms with Gasteiger partial charge in [-0.1, -0.05) is 109 Å². The fourth-order valence-electron chi connectivity index (χ4n) is 4.39.